The highest BCUT2D eigenvalue weighted by Crippen LogP contribution is 2.36. The van der Waals surface area contributed by atoms with Crippen LogP contribution in [0.1, 0.15) is 17.0 Å². The molecular formula is C25H19FN4O4S. The molecule has 1 atom stereocenters. The summed E-state index contributed by atoms with van der Waals surface area (Å²) in [6.45, 7) is 0.192. The first-order valence-corrected chi connectivity index (χ1v) is 11.2. The standard InChI is InChI=1S/C25H19FN4O4S/c1-34-19(31)11-18-24(33)30-22(28)17(12-27)20(15-7-9-16(26)10-8-15)21(25(30)35-18)23(32)29-13-14-5-3-2-4-6-14/h2-11,20H,13,28H2,1H3,(H,29,32)/b18-11-/t20-/m1/s1. The number of allylic oxidation sites excluding steroid dienone is 1. The van der Waals surface area contributed by atoms with Gasteiger partial charge in [0.2, 0.25) is 0 Å². The van der Waals surface area contributed by atoms with Crippen molar-refractivity contribution in [2.45, 2.75) is 12.5 Å². The molecule has 4 rings (SSSR count). The van der Waals surface area contributed by atoms with E-state index in [1.54, 1.807) is 0 Å². The molecule has 0 fully saturated rings. The van der Waals surface area contributed by atoms with Gasteiger partial charge in [-0.1, -0.05) is 42.5 Å². The Morgan fingerprint density at radius 1 is 1.23 bits per heavy atom. The average Bonchev–Trinajstić information content (AvgIpc) is 3.19. The van der Waals surface area contributed by atoms with Crippen LogP contribution in [0.2, 0.25) is 0 Å². The maximum absolute atomic E-state index is 13.6. The lowest BCUT2D eigenvalue weighted by Crippen LogP contribution is -2.42. The molecule has 1 aromatic heterocycles. The third-order valence-electron chi connectivity index (χ3n) is 5.46. The van der Waals surface area contributed by atoms with Gasteiger partial charge >= 0.3 is 5.97 Å². The molecule has 0 saturated carbocycles. The highest BCUT2D eigenvalue weighted by atomic mass is 32.1. The van der Waals surface area contributed by atoms with Gasteiger partial charge in [0, 0.05) is 12.6 Å². The summed E-state index contributed by atoms with van der Waals surface area (Å²) >= 11 is 0.880. The molecule has 8 nitrogen and oxygen atoms in total. The maximum atomic E-state index is 13.6. The van der Waals surface area contributed by atoms with Gasteiger partial charge in [-0.15, -0.1) is 11.3 Å². The van der Waals surface area contributed by atoms with Crippen molar-refractivity contribution >= 4 is 40.7 Å². The second-order valence-corrected chi connectivity index (χ2v) is 8.59. The van der Waals surface area contributed by atoms with Crippen molar-refractivity contribution in [1.29, 1.82) is 5.26 Å². The Hall–Kier alpha value is -4.49. The molecule has 1 aliphatic rings. The second kappa shape index (κ2) is 9.79. The molecule has 3 aromatic rings. The molecule has 0 radical (unpaired) electrons. The molecule has 2 aromatic carbocycles. The van der Waals surface area contributed by atoms with Crippen molar-refractivity contribution in [2.75, 3.05) is 7.11 Å². The Labute approximate surface area is 202 Å². The minimum absolute atomic E-state index is 0.0137. The van der Waals surface area contributed by atoms with E-state index in [1.165, 1.54) is 31.4 Å². The molecule has 0 bridgehead atoms. The lowest BCUT2D eigenvalue weighted by Gasteiger charge is -2.25. The topological polar surface area (TPSA) is 127 Å². The molecule has 0 saturated heterocycles. The number of nitrogens with zero attached hydrogens (tertiary/aromatic N) is 2. The largest absolute Gasteiger partial charge is 0.466 e. The highest BCUT2D eigenvalue weighted by molar-refractivity contribution is 7.07. The van der Waals surface area contributed by atoms with Gasteiger partial charge in [0.25, 0.3) is 11.5 Å². The normalized spacial score (nSPS) is 15.4. The number of methoxy groups -OCH3 is 1. The number of hydrogen-bond donors (Lipinski definition) is 2. The molecular weight excluding hydrogens is 471 g/mol. The SMILES string of the molecule is COC(=O)/C=c1\sc2n(c1=O)C(N)=C(C#N)[C@@H](c1ccc(F)cc1)C=2C(=O)NCc1ccccc1. The van der Waals surface area contributed by atoms with Crippen LogP contribution in [-0.2, 0) is 20.9 Å². The number of hydrogen-bond acceptors (Lipinski definition) is 7. The van der Waals surface area contributed by atoms with Crippen LogP contribution >= 0.6 is 11.3 Å². The van der Waals surface area contributed by atoms with E-state index in [-0.39, 0.29) is 32.7 Å². The smallest absolute Gasteiger partial charge is 0.332 e. The number of nitrogens with one attached hydrogen (secondary N) is 1. The lowest BCUT2D eigenvalue weighted by atomic mass is 9.83. The van der Waals surface area contributed by atoms with Crippen molar-refractivity contribution in [3.05, 3.63) is 96.7 Å². The van der Waals surface area contributed by atoms with E-state index in [0.717, 1.165) is 27.5 Å². The van der Waals surface area contributed by atoms with Gasteiger partial charge in [-0.2, -0.15) is 5.26 Å². The van der Waals surface area contributed by atoms with E-state index >= 15 is 0 Å². The first-order valence-electron chi connectivity index (χ1n) is 10.4. The van der Waals surface area contributed by atoms with Crippen molar-refractivity contribution in [3.8, 4) is 6.07 Å². The van der Waals surface area contributed by atoms with Gasteiger partial charge in [0.05, 0.1) is 30.2 Å². The molecule has 0 aliphatic carbocycles. The Balaban J connectivity index is 1.98. The Morgan fingerprint density at radius 2 is 1.91 bits per heavy atom. The summed E-state index contributed by atoms with van der Waals surface area (Å²) in [6, 6.07) is 16.5. The van der Waals surface area contributed by atoms with E-state index < -0.39 is 29.2 Å². The van der Waals surface area contributed by atoms with Crippen LogP contribution in [0.25, 0.3) is 17.5 Å². The summed E-state index contributed by atoms with van der Waals surface area (Å²) in [5.74, 6) is -2.90. The summed E-state index contributed by atoms with van der Waals surface area (Å²) in [7, 11) is 1.17. The summed E-state index contributed by atoms with van der Waals surface area (Å²) in [5, 5.41) is 12.8. The predicted octanol–water partition coefficient (Wildman–Crippen LogP) is 0.918. The first-order chi connectivity index (χ1) is 16.8. The summed E-state index contributed by atoms with van der Waals surface area (Å²) in [5.41, 5.74) is 6.91. The number of carbonyl (C=O) groups excluding carboxylic acids is 2. The molecule has 3 N–H and O–H groups in total. The quantitative estimate of drug-likeness (QED) is 0.512. The fraction of sp³-hybridized carbons (Fsp3) is 0.120. The van der Waals surface area contributed by atoms with Crippen molar-refractivity contribution in [1.82, 2.24) is 9.88 Å². The van der Waals surface area contributed by atoms with E-state index in [9.17, 15) is 24.0 Å². The monoisotopic (exact) mass is 490 g/mol. The minimum atomic E-state index is -0.958. The van der Waals surface area contributed by atoms with Crippen LogP contribution in [0.15, 0.2) is 65.0 Å². The van der Waals surface area contributed by atoms with Crippen molar-refractivity contribution in [2.24, 2.45) is 5.73 Å². The van der Waals surface area contributed by atoms with Crippen molar-refractivity contribution in [3.63, 3.8) is 0 Å². The number of rotatable bonds is 5. The lowest BCUT2D eigenvalue weighted by molar-refractivity contribution is -0.133. The van der Waals surface area contributed by atoms with Gasteiger partial charge in [0.15, 0.2) is 0 Å². The third kappa shape index (κ3) is 4.49. The van der Waals surface area contributed by atoms with Gasteiger partial charge in [-0.25, -0.2) is 9.18 Å². The number of aromatic nitrogens is 1. The number of fused-ring (bicyclic) bond motifs is 1. The number of nitrogens with two attached hydrogens (primary N) is 1. The summed E-state index contributed by atoms with van der Waals surface area (Å²) in [6.07, 6.45) is 1.00. The van der Waals surface area contributed by atoms with E-state index in [0.29, 0.717) is 5.56 Å². The zero-order valence-electron chi connectivity index (χ0n) is 18.4. The highest BCUT2D eigenvalue weighted by Gasteiger charge is 2.35. The third-order valence-corrected chi connectivity index (χ3v) is 6.57. The number of halogens is 1. The molecule has 2 heterocycles. The number of carbonyl (C=O) groups is 2. The molecule has 1 aliphatic heterocycles. The Bertz CT molecular complexity index is 1560. The molecule has 176 valence electrons. The fourth-order valence-corrected chi connectivity index (χ4v) is 4.93. The van der Waals surface area contributed by atoms with Gasteiger partial charge in [-0.3, -0.25) is 14.2 Å². The van der Waals surface area contributed by atoms with Crippen LogP contribution in [0.3, 0.4) is 0 Å². The number of ether oxygens (including phenoxy) is 1. The van der Waals surface area contributed by atoms with Gasteiger partial charge < -0.3 is 15.8 Å². The molecule has 1 amide bonds. The number of esters is 1. The number of nitriles is 1. The van der Waals surface area contributed by atoms with Gasteiger partial charge in [0.1, 0.15) is 20.8 Å². The fourth-order valence-electron chi connectivity index (χ4n) is 3.80. The maximum Gasteiger partial charge on any atom is 0.332 e. The summed E-state index contributed by atoms with van der Waals surface area (Å²) < 4.78 is 19.5. The van der Waals surface area contributed by atoms with Crippen LogP contribution in [-0.4, -0.2) is 23.6 Å². The Kier molecular flexibility index (Phi) is 6.62. The minimum Gasteiger partial charge on any atom is -0.466 e. The summed E-state index contributed by atoms with van der Waals surface area (Å²) in [4.78, 5) is 38.4. The van der Waals surface area contributed by atoms with E-state index in [4.69, 9.17) is 5.73 Å². The second-order valence-electron chi connectivity index (χ2n) is 7.56. The zero-order chi connectivity index (χ0) is 25.1. The van der Waals surface area contributed by atoms with E-state index in [2.05, 4.69) is 10.1 Å². The number of amides is 1. The van der Waals surface area contributed by atoms with Crippen LogP contribution in [0.4, 0.5) is 4.39 Å². The molecule has 0 spiro atoms. The number of thiazole rings is 1. The van der Waals surface area contributed by atoms with Gasteiger partial charge in [-0.05, 0) is 23.3 Å². The van der Waals surface area contributed by atoms with Crippen LogP contribution in [0, 0.1) is 17.1 Å². The first kappa shape index (κ1) is 23.7. The number of benzene rings is 2. The average molecular weight is 491 g/mol. The van der Waals surface area contributed by atoms with Crippen LogP contribution < -0.4 is 25.8 Å². The van der Waals surface area contributed by atoms with E-state index in [1.807, 2.05) is 36.4 Å². The van der Waals surface area contributed by atoms with Crippen molar-refractivity contribution < 1.29 is 18.7 Å². The van der Waals surface area contributed by atoms with Crippen LogP contribution in [0.5, 0.6) is 0 Å². The molecule has 10 heteroatoms. The Morgan fingerprint density at radius 3 is 2.54 bits per heavy atom. The molecule has 0 unspecified atom stereocenters. The zero-order valence-corrected chi connectivity index (χ0v) is 19.3. The predicted molar refractivity (Wildman–Crippen MR) is 128 cm³/mol. The molecule has 35 heavy (non-hydrogen) atoms.